The van der Waals surface area contributed by atoms with Gasteiger partial charge >= 0.3 is 0 Å². The smallest absolute Gasteiger partial charge is 0.265 e. The Balaban J connectivity index is 1.73. The van der Waals surface area contributed by atoms with E-state index in [9.17, 15) is 9.59 Å². The first kappa shape index (κ1) is 12.7. The van der Waals surface area contributed by atoms with Crippen molar-refractivity contribution in [2.45, 2.75) is 0 Å². The Hall–Kier alpha value is -2.70. The van der Waals surface area contributed by atoms with Gasteiger partial charge in [-0.2, -0.15) is 0 Å². The van der Waals surface area contributed by atoms with E-state index in [0.29, 0.717) is 11.1 Å². The zero-order chi connectivity index (χ0) is 16.0. The summed E-state index contributed by atoms with van der Waals surface area (Å²) in [6.45, 7) is 0. The van der Waals surface area contributed by atoms with E-state index in [4.69, 9.17) is 0 Å². The van der Waals surface area contributed by atoms with Crippen LogP contribution in [0.5, 0.6) is 0 Å². The molecule has 0 N–H and O–H groups in total. The van der Waals surface area contributed by atoms with Gasteiger partial charge in [-0.1, -0.05) is 0 Å². The summed E-state index contributed by atoms with van der Waals surface area (Å²) >= 11 is 3.23. The first-order valence-corrected chi connectivity index (χ1v) is 9.20. The minimum absolute atomic E-state index is 0.119. The molecule has 0 atom stereocenters. The van der Waals surface area contributed by atoms with E-state index in [1.165, 1.54) is 0 Å². The third-order valence-electron chi connectivity index (χ3n) is 4.72. The lowest BCUT2D eigenvalue weighted by molar-refractivity contribution is -0.122. The molecule has 0 aromatic carbocycles. The van der Waals surface area contributed by atoms with Crippen molar-refractivity contribution in [3.05, 3.63) is 67.3 Å². The Kier molecular flexibility index (Phi) is 2.13. The number of carbonyl (C=O) groups is 2. The number of thiophene rings is 2. The highest BCUT2D eigenvalue weighted by Crippen LogP contribution is 2.51. The molecule has 0 saturated carbocycles. The third-order valence-corrected chi connectivity index (χ3v) is 6.49. The molecule has 0 unspecified atom stereocenters. The molecule has 6 heteroatoms. The van der Waals surface area contributed by atoms with Gasteiger partial charge in [0.1, 0.15) is 0 Å². The minimum atomic E-state index is -0.119. The zero-order valence-corrected chi connectivity index (χ0v) is 13.8. The average molecular weight is 348 g/mol. The van der Waals surface area contributed by atoms with Crippen LogP contribution in [0.15, 0.2) is 46.4 Å². The maximum absolute atomic E-state index is 13.1. The van der Waals surface area contributed by atoms with Gasteiger partial charge in [0.05, 0.1) is 22.5 Å². The van der Waals surface area contributed by atoms with Crippen LogP contribution in [0.4, 0.5) is 0 Å². The van der Waals surface area contributed by atoms with E-state index >= 15 is 0 Å². The predicted molar refractivity (Wildman–Crippen MR) is 94.2 cm³/mol. The van der Waals surface area contributed by atoms with Crippen LogP contribution in [-0.2, 0) is 9.59 Å². The van der Waals surface area contributed by atoms with Gasteiger partial charge in [-0.05, 0) is 35.0 Å². The normalized spacial score (nSPS) is 19.8. The lowest BCUT2D eigenvalue weighted by Gasteiger charge is -2.24. The molecular weight excluding hydrogens is 340 g/mol. The summed E-state index contributed by atoms with van der Waals surface area (Å²) in [6.07, 6.45) is 7.43. The van der Waals surface area contributed by atoms with Crippen LogP contribution >= 0.6 is 22.7 Å². The van der Waals surface area contributed by atoms with E-state index in [2.05, 4.69) is 0 Å². The molecule has 6 heterocycles. The summed E-state index contributed by atoms with van der Waals surface area (Å²) in [5.41, 5.74) is 4.44. The molecule has 0 fully saturated rings. The molecule has 114 valence electrons. The molecule has 2 aromatic heterocycles. The van der Waals surface area contributed by atoms with Gasteiger partial charge in [-0.25, -0.2) is 0 Å². The fourth-order valence-corrected chi connectivity index (χ4v) is 5.29. The van der Waals surface area contributed by atoms with Crippen LogP contribution in [0.3, 0.4) is 0 Å². The Bertz CT molecular complexity index is 1020. The molecule has 6 rings (SSSR count). The molecular formula is C18H8N2O2S2. The second-order valence-corrected chi connectivity index (χ2v) is 7.72. The van der Waals surface area contributed by atoms with Gasteiger partial charge in [-0.15, -0.1) is 22.7 Å². The van der Waals surface area contributed by atoms with Crippen LogP contribution in [-0.4, -0.2) is 21.6 Å². The Morgan fingerprint density at radius 2 is 1.17 bits per heavy atom. The monoisotopic (exact) mass is 348 g/mol. The topological polar surface area (TPSA) is 40.6 Å². The van der Waals surface area contributed by atoms with Crippen LogP contribution in [0.1, 0.15) is 20.9 Å². The van der Waals surface area contributed by atoms with Crippen LogP contribution < -0.4 is 0 Å². The molecule has 4 nitrogen and oxygen atoms in total. The highest BCUT2D eigenvalue weighted by molar-refractivity contribution is 7.11. The van der Waals surface area contributed by atoms with Gasteiger partial charge in [0.2, 0.25) is 0 Å². The third kappa shape index (κ3) is 1.27. The van der Waals surface area contributed by atoms with E-state index in [1.807, 2.05) is 35.0 Å². The molecule has 2 aromatic rings. The minimum Gasteiger partial charge on any atom is -0.282 e. The summed E-state index contributed by atoms with van der Waals surface area (Å²) in [4.78, 5) is 31.5. The largest absolute Gasteiger partial charge is 0.282 e. The van der Waals surface area contributed by atoms with Gasteiger partial charge in [0, 0.05) is 33.3 Å². The van der Waals surface area contributed by atoms with E-state index in [-0.39, 0.29) is 11.8 Å². The summed E-state index contributed by atoms with van der Waals surface area (Å²) in [7, 11) is 0. The van der Waals surface area contributed by atoms with Crippen LogP contribution in [0.2, 0.25) is 0 Å². The van der Waals surface area contributed by atoms with Gasteiger partial charge in [0.15, 0.2) is 0 Å². The fourth-order valence-electron chi connectivity index (χ4n) is 3.73. The van der Waals surface area contributed by atoms with Crippen molar-refractivity contribution >= 4 is 58.0 Å². The number of fused-ring (bicyclic) bond motifs is 7. The SMILES string of the molecule is O=C1C2=C3c4ccsc4C=CN3C(=O)C2=C2c3ccsc3C=CN12. The first-order valence-electron chi connectivity index (χ1n) is 7.44. The Morgan fingerprint density at radius 3 is 1.62 bits per heavy atom. The summed E-state index contributed by atoms with van der Waals surface area (Å²) < 4.78 is 0. The number of hydrogen-bond donors (Lipinski definition) is 0. The fraction of sp³-hybridized carbons (Fsp3) is 0. The van der Waals surface area contributed by atoms with Crippen molar-refractivity contribution in [2.24, 2.45) is 0 Å². The number of hydrogen-bond acceptors (Lipinski definition) is 4. The maximum Gasteiger partial charge on any atom is 0.265 e. The first-order chi connectivity index (χ1) is 11.8. The Morgan fingerprint density at radius 1 is 0.708 bits per heavy atom. The van der Waals surface area contributed by atoms with Crippen molar-refractivity contribution in [3.63, 3.8) is 0 Å². The molecule has 0 bridgehead atoms. The maximum atomic E-state index is 13.1. The summed E-state index contributed by atoms with van der Waals surface area (Å²) in [6, 6.07) is 3.96. The van der Waals surface area contributed by atoms with Crippen LogP contribution in [0, 0.1) is 0 Å². The second-order valence-electron chi connectivity index (χ2n) is 5.83. The van der Waals surface area contributed by atoms with Gasteiger partial charge in [0.25, 0.3) is 11.8 Å². The van der Waals surface area contributed by atoms with E-state index < -0.39 is 0 Å². The predicted octanol–water partition coefficient (Wildman–Crippen LogP) is 3.59. The van der Waals surface area contributed by atoms with Crippen molar-refractivity contribution < 1.29 is 9.59 Å². The van der Waals surface area contributed by atoms with E-state index in [1.54, 1.807) is 44.9 Å². The van der Waals surface area contributed by atoms with Crippen molar-refractivity contribution in [2.75, 3.05) is 0 Å². The molecule has 4 aliphatic heterocycles. The highest BCUT2D eigenvalue weighted by Gasteiger charge is 2.50. The number of carbonyl (C=O) groups excluding carboxylic acids is 2. The molecule has 0 aliphatic carbocycles. The van der Waals surface area contributed by atoms with Crippen molar-refractivity contribution in [1.82, 2.24) is 9.80 Å². The van der Waals surface area contributed by atoms with Crippen LogP contribution in [0.25, 0.3) is 23.5 Å². The average Bonchev–Trinajstić information content (AvgIpc) is 3.33. The molecule has 24 heavy (non-hydrogen) atoms. The molecule has 0 saturated heterocycles. The highest BCUT2D eigenvalue weighted by atomic mass is 32.1. The molecule has 0 radical (unpaired) electrons. The number of amides is 2. The summed E-state index contributed by atoms with van der Waals surface area (Å²) in [5.74, 6) is -0.238. The lowest BCUT2D eigenvalue weighted by atomic mass is 10.0. The molecule has 2 amide bonds. The zero-order valence-electron chi connectivity index (χ0n) is 12.1. The quantitative estimate of drug-likeness (QED) is 0.730. The van der Waals surface area contributed by atoms with Gasteiger partial charge in [-0.3, -0.25) is 19.4 Å². The number of rotatable bonds is 0. The summed E-state index contributed by atoms with van der Waals surface area (Å²) in [5, 5.41) is 3.98. The number of nitrogens with zero attached hydrogens (tertiary/aromatic N) is 2. The standard InChI is InChI=1S/C18H8N2O2S2/c21-17-14-13(15-9-3-7-23-11(9)1-5-19(15)17)18(22)20-6-2-12-10(16(14)20)4-8-24-12/h1-8H. The van der Waals surface area contributed by atoms with Crippen molar-refractivity contribution in [3.8, 4) is 0 Å². The molecule has 0 spiro atoms. The Labute approximate surface area is 144 Å². The van der Waals surface area contributed by atoms with Gasteiger partial charge < -0.3 is 0 Å². The second kappa shape index (κ2) is 4.03. The molecule has 4 aliphatic rings. The lowest BCUT2D eigenvalue weighted by Crippen LogP contribution is -2.26. The van der Waals surface area contributed by atoms with E-state index in [0.717, 1.165) is 32.3 Å². The van der Waals surface area contributed by atoms with Crippen molar-refractivity contribution in [1.29, 1.82) is 0 Å².